The first-order valence-electron chi connectivity index (χ1n) is 5.78. The summed E-state index contributed by atoms with van der Waals surface area (Å²) in [6.45, 7) is 0.0648. The lowest BCUT2D eigenvalue weighted by molar-refractivity contribution is 0.0692. The molecule has 1 heterocycles. The van der Waals surface area contributed by atoms with Crippen molar-refractivity contribution in [1.82, 2.24) is 9.29 Å². The number of nitrogens with two attached hydrogens (primary N) is 1. The summed E-state index contributed by atoms with van der Waals surface area (Å²) in [4.78, 5) is 14.9. The number of anilines is 1. The van der Waals surface area contributed by atoms with Gasteiger partial charge in [0.05, 0.1) is 28.2 Å². The topological polar surface area (TPSA) is 114 Å². The molecular formula is C12H13N3O4S2. The van der Waals surface area contributed by atoms with E-state index in [1.54, 1.807) is 10.9 Å². The lowest BCUT2D eigenvalue weighted by atomic mass is 10.2. The van der Waals surface area contributed by atoms with Crippen LogP contribution >= 0.6 is 11.3 Å². The van der Waals surface area contributed by atoms with Crippen LogP contribution in [0.4, 0.5) is 5.69 Å². The molecule has 7 nitrogen and oxygen atoms in total. The van der Waals surface area contributed by atoms with Crippen molar-refractivity contribution < 1.29 is 18.3 Å². The average Bonchev–Trinajstić information content (AvgIpc) is 2.91. The second-order valence-electron chi connectivity index (χ2n) is 4.30. The number of hydrogen-bond donors (Lipinski definition) is 2. The molecule has 1 aromatic carbocycles. The highest BCUT2D eigenvalue weighted by molar-refractivity contribution is 7.89. The van der Waals surface area contributed by atoms with Gasteiger partial charge in [-0.1, -0.05) is 0 Å². The minimum absolute atomic E-state index is 0.0648. The first kappa shape index (κ1) is 15.4. The summed E-state index contributed by atoms with van der Waals surface area (Å²) in [5.74, 6) is -1.34. The molecule has 0 fully saturated rings. The van der Waals surface area contributed by atoms with Crippen LogP contribution < -0.4 is 5.73 Å². The number of nitrogen functional groups attached to an aromatic ring is 1. The average molecular weight is 327 g/mol. The van der Waals surface area contributed by atoms with E-state index < -0.39 is 16.0 Å². The SMILES string of the molecule is CN(Cc1cscn1)S(=O)(=O)c1ccc(N)cc1C(=O)O. The summed E-state index contributed by atoms with van der Waals surface area (Å²) < 4.78 is 26.0. The third-order valence-electron chi connectivity index (χ3n) is 2.79. The number of sulfonamides is 1. The van der Waals surface area contributed by atoms with Gasteiger partial charge in [-0.05, 0) is 18.2 Å². The Balaban J connectivity index is 2.41. The normalized spacial score (nSPS) is 11.7. The molecule has 0 saturated heterocycles. The van der Waals surface area contributed by atoms with Crippen LogP contribution in [0.25, 0.3) is 0 Å². The van der Waals surface area contributed by atoms with Gasteiger partial charge in [0.25, 0.3) is 0 Å². The maximum Gasteiger partial charge on any atom is 0.337 e. The zero-order chi connectivity index (χ0) is 15.6. The molecule has 0 saturated carbocycles. The monoisotopic (exact) mass is 327 g/mol. The van der Waals surface area contributed by atoms with Crippen molar-refractivity contribution in [2.45, 2.75) is 11.4 Å². The number of carbonyl (C=O) groups is 1. The van der Waals surface area contributed by atoms with Crippen molar-refractivity contribution in [2.24, 2.45) is 0 Å². The van der Waals surface area contributed by atoms with Crippen molar-refractivity contribution >= 4 is 33.0 Å². The second kappa shape index (κ2) is 5.80. The molecule has 0 unspecified atom stereocenters. The number of aromatic carboxylic acids is 1. The molecule has 0 bridgehead atoms. The fourth-order valence-electron chi connectivity index (χ4n) is 1.74. The minimum atomic E-state index is -3.95. The lowest BCUT2D eigenvalue weighted by Gasteiger charge is -2.17. The van der Waals surface area contributed by atoms with Gasteiger partial charge in [-0.2, -0.15) is 4.31 Å². The van der Waals surface area contributed by atoms with Crippen LogP contribution in [-0.2, 0) is 16.6 Å². The van der Waals surface area contributed by atoms with Gasteiger partial charge >= 0.3 is 5.97 Å². The Morgan fingerprint density at radius 3 is 2.76 bits per heavy atom. The van der Waals surface area contributed by atoms with E-state index in [-0.39, 0.29) is 22.7 Å². The van der Waals surface area contributed by atoms with E-state index in [1.165, 1.54) is 30.5 Å². The Labute approximate surface area is 125 Å². The smallest absolute Gasteiger partial charge is 0.337 e. The highest BCUT2D eigenvalue weighted by Crippen LogP contribution is 2.23. The molecule has 2 rings (SSSR count). The Morgan fingerprint density at radius 2 is 2.19 bits per heavy atom. The lowest BCUT2D eigenvalue weighted by Crippen LogP contribution is -2.28. The number of aromatic nitrogens is 1. The summed E-state index contributed by atoms with van der Waals surface area (Å²) in [5.41, 5.74) is 7.55. The molecule has 0 amide bonds. The van der Waals surface area contributed by atoms with Gasteiger partial charge < -0.3 is 10.8 Å². The molecule has 0 radical (unpaired) electrons. The van der Waals surface area contributed by atoms with Crippen molar-refractivity contribution in [3.05, 3.63) is 40.3 Å². The molecule has 1 aromatic heterocycles. The molecule has 21 heavy (non-hydrogen) atoms. The third-order valence-corrected chi connectivity index (χ3v) is 5.29. The summed E-state index contributed by atoms with van der Waals surface area (Å²) in [7, 11) is -2.57. The first-order chi connectivity index (χ1) is 9.82. The summed E-state index contributed by atoms with van der Waals surface area (Å²) in [6, 6.07) is 3.69. The molecule has 0 aliphatic carbocycles. The molecular weight excluding hydrogens is 314 g/mol. The van der Waals surface area contributed by atoms with Crippen LogP contribution in [0.15, 0.2) is 34.0 Å². The van der Waals surface area contributed by atoms with Gasteiger partial charge in [-0.15, -0.1) is 11.3 Å². The summed E-state index contributed by atoms with van der Waals surface area (Å²) in [5, 5.41) is 10.9. The largest absolute Gasteiger partial charge is 0.478 e. The van der Waals surface area contributed by atoms with Crippen LogP contribution in [0.5, 0.6) is 0 Å². The second-order valence-corrected chi connectivity index (χ2v) is 7.03. The highest BCUT2D eigenvalue weighted by Gasteiger charge is 2.27. The number of benzene rings is 1. The minimum Gasteiger partial charge on any atom is -0.478 e. The van der Waals surface area contributed by atoms with Crippen LogP contribution in [0.2, 0.25) is 0 Å². The number of rotatable bonds is 5. The molecule has 0 atom stereocenters. The van der Waals surface area contributed by atoms with Crippen LogP contribution in [0, 0.1) is 0 Å². The third kappa shape index (κ3) is 3.20. The quantitative estimate of drug-likeness (QED) is 0.799. The van der Waals surface area contributed by atoms with E-state index in [2.05, 4.69) is 4.98 Å². The van der Waals surface area contributed by atoms with E-state index in [1.807, 2.05) is 0 Å². The maximum atomic E-state index is 12.5. The van der Waals surface area contributed by atoms with Gasteiger partial charge in [-0.25, -0.2) is 18.2 Å². The van der Waals surface area contributed by atoms with E-state index >= 15 is 0 Å². The Kier molecular flexibility index (Phi) is 4.26. The molecule has 0 spiro atoms. The molecule has 2 aromatic rings. The molecule has 0 aliphatic rings. The number of carboxylic acids is 1. The van der Waals surface area contributed by atoms with Gasteiger partial charge in [-0.3, -0.25) is 0 Å². The molecule has 9 heteroatoms. The number of thiazole rings is 1. The Hall–Kier alpha value is -1.97. The zero-order valence-electron chi connectivity index (χ0n) is 11.1. The molecule has 112 valence electrons. The van der Waals surface area contributed by atoms with Gasteiger partial charge in [0, 0.05) is 18.1 Å². The van der Waals surface area contributed by atoms with E-state index in [9.17, 15) is 13.2 Å². The molecule has 3 N–H and O–H groups in total. The van der Waals surface area contributed by atoms with Crippen LogP contribution in [-0.4, -0.2) is 35.8 Å². The predicted octanol–water partition coefficient (Wildman–Crippen LogP) is 1.24. The fourth-order valence-corrected chi connectivity index (χ4v) is 3.59. The standard InChI is InChI=1S/C12H13N3O4S2/c1-15(5-9-6-20-7-14-9)21(18,19)11-3-2-8(13)4-10(11)12(16)17/h2-4,6-7H,5,13H2,1H3,(H,16,17). The van der Waals surface area contributed by atoms with Crippen molar-refractivity contribution in [2.75, 3.05) is 12.8 Å². The number of carboxylic acid groups (broad SMARTS) is 1. The predicted molar refractivity (Wildman–Crippen MR) is 78.6 cm³/mol. The Bertz CT molecular complexity index is 757. The van der Waals surface area contributed by atoms with Crippen molar-refractivity contribution in [1.29, 1.82) is 0 Å². The van der Waals surface area contributed by atoms with E-state index in [0.29, 0.717) is 5.69 Å². The maximum absolute atomic E-state index is 12.5. The zero-order valence-corrected chi connectivity index (χ0v) is 12.7. The van der Waals surface area contributed by atoms with E-state index in [0.717, 1.165) is 10.4 Å². The molecule has 0 aliphatic heterocycles. The number of nitrogens with zero attached hydrogens (tertiary/aromatic N) is 2. The van der Waals surface area contributed by atoms with Crippen molar-refractivity contribution in [3.63, 3.8) is 0 Å². The fraction of sp³-hybridized carbons (Fsp3) is 0.167. The van der Waals surface area contributed by atoms with Crippen molar-refractivity contribution in [3.8, 4) is 0 Å². The summed E-state index contributed by atoms with van der Waals surface area (Å²) in [6.07, 6.45) is 0. The number of hydrogen-bond acceptors (Lipinski definition) is 6. The van der Waals surface area contributed by atoms with E-state index in [4.69, 9.17) is 10.8 Å². The first-order valence-corrected chi connectivity index (χ1v) is 8.17. The van der Waals surface area contributed by atoms with Gasteiger partial charge in [0.2, 0.25) is 10.0 Å². The Morgan fingerprint density at radius 1 is 1.48 bits per heavy atom. The highest BCUT2D eigenvalue weighted by atomic mass is 32.2. The van der Waals surface area contributed by atoms with Crippen LogP contribution in [0.3, 0.4) is 0 Å². The van der Waals surface area contributed by atoms with Gasteiger partial charge in [0.1, 0.15) is 0 Å². The van der Waals surface area contributed by atoms with Crippen LogP contribution in [0.1, 0.15) is 16.1 Å². The summed E-state index contributed by atoms with van der Waals surface area (Å²) >= 11 is 1.35. The van der Waals surface area contributed by atoms with Gasteiger partial charge in [0.15, 0.2) is 0 Å².